The topological polar surface area (TPSA) is 101 Å². The molecule has 132 valence electrons. The van der Waals surface area contributed by atoms with E-state index in [-0.39, 0.29) is 18.2 Å². The number of nitrogens with one attached hydrogen (secondary N) is 2. The number of rotatable bonds is 3. The van der Waals surface area contributed by atoms with E-state index >= 15 is 0 Å². The molecule has 0 saturated carbocycles. The number of anilines is 2. The van der Waals surface area contributed by atoms with Gasteiger partial charge in [0.2, 0.25) is 15.9 Å². The highest BCUT2D eigenvalue weighted by atomic mass is 32.2. The quantitative estimate of drug-likeness (QED) is 0.740. The van der Waals surface area contributed by atoms with Gasteiger partial charge in [0, 0.05) is 24.2 Å². The number of sulfonamides is 1. The van der Waals surface area contributed by atoms with E-state index < -0.39 is 10.0 Å². The molecule has 2 heterocycles. The first-order chi connectivity index (χ1) is 12.4. The van der Waals surface area contributed by atoms with Crippen molar-refractivity contribution in [2.24, 2.45) is 0 Å². The fourth-order valence-electron chi connectivity index (χ4n) is 3.15. The number of nitrogens with zero attached hydrogens (tertiary/aromatic N) is 2. The van der Waals surface area contributed by atoms with Crippen molar-refractivity contribution in [1.29, 1.82) is 0 Å². The van der Waals surface area contributed by atoms with Gasteiger partial charge in [-0.1, -0.05) is 18.2 Å². The number of fused-ring (bicyclic) bond motifs is 2. The second kappa shape index (κ2) is 6.06. The molecule has 1 aliphatic heterocycles. The molecule has 1 amide bonds. The average Bonchev–Trinajstić information content (AvgIpc) is 2.59. The summed E-state index contributed by atoms with van der Waals surface area (Å²) in [4.78, 5) is 21.3. The maximum atomic E-state index is 12.2. The molecule has 0 aliphatic carbocycles. The molecule has 0 saturated heterocycles. The van der Waals surface area contributed by atoms with Gasteiger partial charge >= 0.3 is 0 Å². The minimum absolute atomic E-state index is 0.144. The van der Waals surface area contributed by atoms with Gasteiger partial charge in [0.05, 0.1) is 28.7 Å². The van der Waals surface area contributed by atoms with Gasteiger partial charge in [0.25, 0.3) is 0 Å². The molecule has 0 bridgehead atoms. The molecular formula is C18H16N4O3S. The van der Waals surface area contributed by atoms with E-state index in [1.807, 2.05) is 30.3 Å². The van der Waals surface area contributed by atoms with Gasteiger partial charge in [-0.25, -0.2) is 13.4 Å². The number of aromatic nitrogens is 2. The summed E-state index contributed by atoms with van der Waals surface area (Å²) >= 11 is 0. The van der Waals surface area contributed by atoms with Crippen LogP contribution >= 0.6 is 0 Å². The zero-order valence-corrected chi connectivity index (χ0v) is 14.7. The summed E-state index contributed by atoms with van der Waals surface area (Å²) in [6.07, 6.45) is 3.04. The van der Waals surface area contributed by atoms with Crippen LogP contribution in [0.15, 0.2) is 48.7 Å². The van der Waals surface area contributed by atoms with Crippen LogP contribution in [0.3, 0.4) is 0 Å². The Labute approximate surface area is 150 Å². The van der Waals surface area contributed by atoms with Crippen LogP contribution in [0.2, 0.25) is 0 Å². The molecule has 3 aromatic rings. The van der Waals surface area contributed by atoms with Gasteiger partial charge < -0.3 is 5.32 Å². The number of carbonyl (C=O) groups excluding carboxylic acids is 1. The molecule has 1 atom stereocenters. The van der Waals surface area contributed by atoms with Crippen molar-refractivity contribution >= 4 is 38.3 Å². The second-order valence-electron chi connectivity index (χ2n) is 6.26. The molecule has 4 rings (SSSR count). The summed E-state index contributed by atoms with van der Waals surface area (Å²) in [6.45, 7) is 0. The highest BCUT2D eigenvalue weighted by molar-refractivity contribution is 7.92. The number of amides is 1. The third-order valence-corrected chi connectivity index (χ3v) is 4.83. The summed E-state index contributed by atoms with van der Waals surface area (Å²) in [7, 11) is -3.39. The molecule has 1 aliphatic rings. The van der Waals surface area contributed by atoms with Crippen molar-refractivity contribution in [3.8, 4) is 0 Å². The van der Waals surface area contributed by atoms with Gasteiger partial charge in [-0.15, -0.1) is 0 Å². The Hall–Kier alpha value is -3.00. The lowest BCUT2D eigenvalue weighted by atomic mass is 9.88. The van der Waals surface area contributed by atoms with E-state index in [9.17, 15) is 13.2 Å². The van der Waals surface area contributed by atoms with Crippen molar-refractivity contribution in [2.45, 2.75) is 12.3 Å². The molecule has 26 heavy (non-hydrogen) atoms. The van der Waals surface area contributed by atoms with Gasteiger partial charge in [0.15, 0.2) is 0 Å². The Morgan fingerprint density at radius 2 is 1.92 bits per heavy atom. The van der Waals surface area contributed by atoms with Crippen molar-refractivity contribution in [3.05, 3.63) is 59.9 Å². The Morgan fingerprint density at radius 1 is 1.15 bits per heavy atom. The van der Waals surface area contributed by atoms with Gasteiger partial charge in [0.1, 0.15) is 0 Å². The van der Waals surface area contributed by atoms with E-state index in [0.29, 0.717) is 17.1 Å². The van der Waals surface area contributed by atoms with Crippen LogP contribution in [0, 0.1) is 0 Å². The Morgan fingerprint density at radius 3 is 2.69 bits per heavy atom. The Balaban J connectivity index is 1.77. The lowest BCUT2D eigenvalue weighted by Crippen LogP contribution is -2.24. The lowest BCUT2D eigenvalue weighted by Gasteiger charge is -2.25. The monoisotopic (exact) mass is 368 g/mol. The van der Waals surface area contributed by atoms with Crippen molar-refractivity contribution in [1.82, 2.24) is 9.97 Å². The summed E-state index contributed by atoms with van der Waals surface area (Å²) in [5.74, 6) is -0.378. The van der Waals surface area contributed by atoms with Crippen LogP contribution in [-0.2, 0) is 14.8 Å². The Bertz CT molecular complexity index is 1130. The fourth-order valence-corrected chi connectivity index (χ4v) is 3.70. The number of carbonyl (C=O) groups is 1. The smallest absolute Gasteiger partial charge is 0.229 e. The molecule has 0 fully saturated rings. The summed E-state index contributed by atoms with van der Waals surface area (Å²) in [5.41, 5.74) is 4.14. The molecule has 1 aromatic heterocycles. The third kappa shape index (κ3) is 3.23. The molecule has 2 aromatic carbocycles. The van der Waals surface area contributed by atoms with Crippen LogP contribution in [0.5, 0.6) is 0 Å². The summed E-state index contributed by atoms with van der Waals surface area (Å²) in [6, 6.07) is 12.7. The van der Waals surface area contributed by atoms with E-state index in [2.05, 4.69) is 20.0 Å². The van der Waals surface area contributed by atoms with Crippen LogP contribution < -0.4 is 10.0 Å². The highest BCUT2D eigenvalue weighted by Gasteiger charge is 2.28. The standard InChI is InChI=1S/C18H16N4O3S/c1-26(24,25)22-11-6-7-12-13(9-18(23)21-16(12)8-11)17-10-19-14-4-2-3-5-15(14)20-17/h2-8,10,13,22H,9H2,1H3,(H,21,23). The van der Waals surface area contributed by atoms with Crippen LogP contribution in [0.1, 0.15) is 23.6 Å². The molecule has 0 spiro atoms. The third-order valence-electron chi connectivity index (χ3n) is 4.22. The summed E-state index contributed by atoms with van der Waals surface area (Å²) in [5, 5.41) is 2.80. The first kappa shape index (κ1) is 16.5. The first-order valence-electron chi connectivity index (χ1n) is 8.02. The predicted molar refractivity (Wildman–Crippen MR) is 99.5 cm³/mol. The Kier molecular flexibility index (Phi) is 3.84. The first-order valence-corrected chi connectivity index (χ1v) is 9.91. The lowest BCUT2D eigenvalue weighted by molar-refractivity contribution is -0.116. The minimum atomic E-state index is -3.39. The van der Waals surface area contributed by atoms with Crippen LogP contribution in [0.4, 0.5) is 11.4 Å². The van der Waals surface area contributed by atoms with Crippen molar-refractivity contribution in [3.63, 3.8) is 0 Å². The van der Waals surface area contributed by atoms with Gasteiger partial charge in [-0.3, -0.25) is 14.5 Å². The van der Waals surface area contributed by atoms with E-state index in [1.54, 1.807) is 18.3 Å². The van der Waals surface area contributed by atoms with E-state index in [1.165, 1.54) is 0 Å². The number of benzene rings is 2. The number of para-hydroxylation sites is 2. The molecule has 2 N–H and O–H groups in total. The zero-order chi connectivity index (χ0) is 18.3. The molecular weight excluding hydrogens is 352 g/mol. The summed E-state index contributed by atoms with van der Waals surface area (Å²) < 4.78 is 25.3. The molecule has 0 radical (unpaired) electrons. The van der Waals surface area contributed by atoms with E-state index in [0.717, 1.165) is 22.9 Å². The van der Waals surface area contributed by atoms with Crippen LogP contribution in [0.25, 0.3) is 11.0 Å². The fraction of sp³-hybridized carbons (Fsp3) is 0.167. The predicted octanol–water partition coefficient (Wildman–Crippen LogP) is 2.48. The molecule has 1 unspecified atom stereocenters. The van der Waals surface area contributed by atoms with Gasteiger partial charge in [-0.2, -0.15) is 0 Å². The van der Waals surface area contributed by atoms with Crippen molar-refractivity contribution in [2.75, 3.05) is 16.3 Å². The SMILES string of the molecule is CS(=O)(=O)Nc1ccc2c(c1)NC(=O)CC2c1cnc2ccccc2n1. The second-order valence-corrected chi connectivity index (χ2v) is 8.01. The average molecular weight is 368 g/mol. The van der Waals surface area contributed by atoms with E-state index in [4.69, 9.17) is 0 Å². The number of hydrogen-bond donors (Lipinski definition) is 2. The maximum absolute atomic E-state index is 12.2. The molecule has 7 nitrogen and oxygen atoms in total. The maximum Gasteiger partial charge on any atom is 0.229 e. The zero-order valence-electron chi connectivity index (χ0n) is 13.9. The highest BCUT2D eigenvalue weighted by Crippen LogP contribution is 2.37. The van der Waals surface area contributed by atoms with Crippen molar-refractivity contribution < 1.29 is 13.2 Å². The molecule has 8 heteroatoms. The normalized spacial score (nSPS) is 16.8. The van der Waals surface area contributed by atoms with Gasteiger partial charge in [-0.05, 0) is 29.8 Å². The minimum Gasteiger partial charge on any atom is -0.326 e. The van der Waals surface area contributed by atoms with Crippen LogP contribution in [-0.4, -0.2) is 30.5 Å². The number of hydrogen-bond acceptors (Lipinski definition) is 5. The largest absolute Gasteiger partial charge is 0.326 e.